The summed E-state index contributed by atoms with van der Waals surface area (Å²) in [6.45, 7) is 33.1. The van der Waals surface area contributed by atoms with Crippen molar-refractivity contribution in [3.8, 4) is 0 Å². The van der Waals surface area contributed by atoms with Gasteiger partial charge in [-0.15, -0.1) is 0 Å². The van der Waals surface area contributed by atoms with Crippen molar-refractivity contribution in [1.82, 2.24) is 31.9 Å². The molecular weight excluding hydrogens is 1060 g/mol. The Morgan fingerprint density at radius 1 is 0.309 bits per heavy atom. The Balaban J connectivity index is 3.95. The number of rotatable bonds is 12. The normalized spacial score (nSPS) is 28.9. The molecule has 0 aromatic rings. The molecule has 0 spiro atoms. The van der Waals surface area contributed by atoms with E-state index in [0.717, 1.165) is 0 Å². The molecule has 0 bridgehead atoms. The van der Waals surface area contributed by atoms with Crippen LogP contribution in [0.1, 0.15) is 165 Å². The average Bonchev–Trinajstić information content (AvgIpc) is 3.40. The highest BCUT2D eigenvalue weighted by Gasteiger charge is 2.42. The minimum atomic E-state index is -1.56. The van der Waals surface area contributed by atoms with Crippen LogP contribution in [0.4, 0.5) is 0 Å². The lowest BCUT2D eigenvalue weighted by Gasteiger charge is -2.30. The maximum atomic E-state index is 14.1. The third-order valence-corrected chi connectivity index (χ3v) is 13.9. The third kappa shape index (κ3) is 22.5. The molecule has 0 aromatic carbocycles. The quantitative estimate of drug-likeness (QED) is 0.120. The molecule has 0 aromatic heterocycles. The van der Waals surface area contributed by atoms with Gasteiger partial charge in [0.25, 0.3) is 35.4 Å². The fourth-order valence-corrected chi connectivity index (χ4v) is 7.95. The molecule has 462 valence electrons. The fraction of sp³-hybridized carbons (Fsp3) is 0.789. The van der Waals surface area contributed by atoms with Crippen molar-refractivity contribution in [2.24, 2.45) is 53.3 Å². The summed E-state index contributed by atoms with van der Waals surface area (Å²) < 4.78 is 33.9. The van der Waals surface area contributed by atoms with E-state index in [2.05, 4.69) is 31.9 Å². The van der Waals surface area contributed by atoms with Crippen molar-refractivity contribution in [3.63, 3.8) is 0 Å². The van der Waals surface area contributed by atoms with Crippen LogP contribution in [0.15, 0.2) is 0 Å². The molecule has 24 nitrogen and oxygen atoms in total. The minimum absolute atomic E-state index is 0.0341. The Kier molecular flexibility index (Phi) is 30.1. The van der Waals surface area contributed by atoms with E-state index in [1.165, 1.54) is 20.8 Å². The first-order valence-electron chi connectivity index (χ1n) is 28.5. The van der Waals surface area contributed by atoms with E-state index in [0.29, 0.717) is 12.8 Å². The molecule has 0 unspecified atom stereocenters. The van der Waals surface area contributed by atoms with Crippen molar-refractivity contribution < 1.29 is 86.0 Å². The Hall–Kier alpha value is -6.36. The van der Waals surface area contributed by atoms with Gasteiger partial charge in [-0.05, 0) is 81.5 Å². The molecule has 1 heterocycles. The lowest BCUT2D eigenvalue weighted by molar-refractivity contribution is -0.167. The van der Waals surface area contributed by atoms with Gasteiger partial charge < -0.3 is 60.3 Å². The van der Waals surface area contributed by atoms with E-state index in [4.69, 9.17) is 28.4 Å². The summed E-state index contributed by atoms with van der Waals surface area (Å²) in [6.07, 6.45) is -8.61. The lowest BCUT2D eigenvalue weighted by Crippen LogP contribution is -2.56. The first-order chi connectivity index (χ1) is 37.4. The van der Waals surface area contributed by atoms with Crippen LogP contribution in [0.5, 0.6) is 0 Å². The van der Waals surface area contributed by atoms with Crippen molar-refractivity contribution in [2.45, 2.75) is 238 Å². The number of nitrogens with one attached hydrogen (secondary N) is 6. The number of hydrogen-bond acceptors (Lipinski definition) is 18. The fourth-order valence-electron chi connectivity index (χ4n) is 7.95. The molecule has 6 amide bonds. The van der Waals surface area contributed by atoms with Crippen molar-refractivity contribution in [2.75, 3.05) is 0 Å². The molecule has 1 aliphatic heterocycles. The van der Waals surface area contributed by atoms with Crippen LogP contribution in [0.25, 0.3) is 0 Å². The minimum Gasteiger partial charge on any atom is -0.451 e. The lowest BCUT2D eigenvalue weighted by atomic mass is 9.98. The van der Waals surface area contributed by atoms with E-state index >= 15 is 0 Å². The van der Waals surface area contributed by atoms with Gasteiger partial charge in [0.15, 0.2) is 36.6 Å². The van der Waals surface area contributed by atoms with E-state index in [9.17, 15) is 57.5 Å². The highest BCUT2D eigenvalue weighted by Crippen LogP contribution is 2.21. The van der Waals surface area contributed by atoms with Gasteiger partial charge in [-0.1, -0.05) is 125 Å². The first kappa shape index (κ1) is 72.7. The van der Waals surface area contributed by atoms with Crippen LogP contribution < -0.4 is 31.9 Å². The number of amides is 6. The van der Waals surface area contributed by atoms with Crippen molar-refractivity contribution in [3.05, 3.63) is 0 Å². The maximum absolute atomic E-state index is 14.1. The zero-order valence-corrected chi connectivity index (χ0v) is 51.6. The number of hydrogen-bond donors (Lipinski definition) is 6. The van der Waals surface area contributed by atoms with Gasteiger partial charge in [-0.3, -0.25) is 28.8 Å². The Morgan fingerprint density at radius 3 is 0.741 bits per heavy atom. The largest absolute Gasteiger partial charge is 0.451 e. The Bertz CT molecular complexity index is 2170. The Morgan fingerprint density at radius 2 is 0.519 bits per heavy atom. The number of cyclic esters (lactones) is 6. The predicted octanol–water partition coefficient (Wildman–Crippen LogP) is 3.51. The van der Waals surface area contributed by atoms with Crippen LogP contribution in [-0.2, 0) is 86.0 Å². The highest BCUT2D eigenvalue weighted by atomic mass is 16.6. The summed E-state index contributed by atoms with van der Waals surface area (Å²) in [5.74, 6) is -17.1. The summed E-state index contributed by atoms with van der Waals surface area (Å²) >= 11 is 0. The maximum Gasteiger partial charge on any atom is 0.329 e. The van der Waals surface area contributed by atoms with E-state index < -0.39 is 191 Å². The van der Waals surface area contributed by atoms with Crippen LogP contribution in [-0.4, -0.2) is 144 Å². The van der Waals surface area contributed by atoms with Gasteiger partial charge in [0, 0.05) is 11.8 Å². The van der Waals surface area contributed by atoms with Crippen molar-refractivity contribution in [1.29, 1.82) is 0 Å². The number of esters is 6. The standard InChI is InChI=1S/C57H96N6O18/c1-22-32(17)44-50(68)62-39(27(7)8)53(71)77-34(19)46(64)58-41(29(11)12)55(73)79-37(24-25(3)4)49(67)61-38(26(5)6)52(70)76-35(20)47(65)59-42(30(13)14)56(74)80-45(33(18)23-2)51(69)63-40(28(9)10)54(72)78-36(21)48(66)60-43(31(15)16)57(75)81-44/h25-45H,22-24H2,1-21H3,(H,58,64)(H,59,65)(H,60,66)(H,61,67)(H,62,68)(H,63,69)/t32-,33-,34-,35-,36-,37+,38+,39+,40+,41-,42-,43-,44-,45+/m0/s1. The average molecular weight is 1150 g/mol. The second-order valence-electron chi connectivity index (χ2n) is 23.7. The number of carbonyl (C=O) groups excluding carboxylic acids is 12. The summed E-state index contributed by atoms with van der Waals surface area (Å²) in [6, 6.07) is -8.37. The number of ether oxygens (including phenoxy) is 6. The van der Waals surface area contributed by atoms with Crippen LogP contribution in [0.2, 0.25) is 0 Å². The van der Waals surface area contributed by atoms with Crippen molar-refractivity contribution >= 4 is 71.3 Å². The topological polar surface area (TPSA) is 332 Å². The third-order valence-electron chi connectivity index (χ3n) is 13.9. The zero-order chi connectivity index (χ0) is 62.7. The molecule has 0 radical (unpaired) electrons. The highest BCUT2D eigenvalue weighted by molar-refractivity contribution is 5.96. The molecule has 1 rings (SSSR count). The SMILES string of the molecule is CC[C@H](C)[C@@H]1OC(=O)[C@H](C(C)C)NC(=O)[C@H](C)OC(=O)[C@@H](C(C)C)NC(=O)[C@@H]([C@@H](C)CC)OC(=O)[C@H](C(C)C)NC(=O)[C@H](C)OC(=O)[C@@H](C(C)C)NC(=O)[C@@H](CC(C)C)OC(=O)[C@H](C(C)C)NC(=O)[C@H](C)OC(=O)[C@@H](C(C)C)NC1=O. The summed E-state index contributed by atoms with van der Waals surface area (Å²) in [5.41, 5.74) is 0. The van der Waals surface area contributed by atoms with Gasteiger partial charge in [-0.2, -0.15) is 0 Å². The first-order valence-corrected chi connectivity index (χ1v) is 28.5. The second kappa shape index (κ2) is 33.5. The predicted molar refractivity (Wildman–Crippen MR) is 295 cm³/mol. The van der Waals surface area contributed by atoms with Crippen LogP contribution in [0, 0.1) is 53.3 Å². The van der Waals surface area contributed by atoms with E-state index in [1.54, 1.807) is 125 Å². The van der Waals surface area contributed by atoms with Crippen LogP contribution in [0.3, 0.4) is 0 Å². The summed E-state index contributed by atoms with van der Waals surface area (Å²) in [7, 11) is 0. The van der Waals surface area contributed by atoms with Gasteiger partial charge >= 0.3 is 35.8 Å². The molecule has 14 atom stereocenters. The molecule has 6 N–H and O–H groups in total. The van der Waals surface area contributed by atoms with Gasteiger partial charge in [0.2, 0.25) is 0 Å². The zero-order valence-electron chi connectivity index (χ0n) is 51.6. The van der Waals surface area contributed by atoms with Gasteiger partial charge in [0.1, 0.15) is 36.3 Å². The summed E-state index contributed by atoms with van der Waals surface area (Å²) in [5, 5.41) is 15.3. The van der Waals surface area contributed by atoms with E-state index in [1.807, 2.05) is 0 Å². The van der Waals surface area contributed by atoms with Crippen LogP contribution >= 0.6 is 0 Å². The molecule has 1 saturated heterocycles. The summed E-state index contributed by atoms with van der Waals surface area (Å²) in [4.78, 5) is 166. The van der Waals surface area contributed by atoms with E-state index in [-0.39, 0.29) is 12.3 Å². The second-order valence-corrected chi connectivity index (χ2v) is 23.7. The molecule has 1 fully saturated rings. The molecule has 0 aliphatic carbocycles. The monoisotopic (exact) mass is 1150 g/mol. The molecule has 0 saturated carbocycles. The van der Waals surface area contributed by atoms with Gasteiger partial charge in [-0.25, -0.2) is 28.8 Å². The number of carbonyl (C=O) groups is 12. The molecule has 24 heteroatoms. The smallest absolute Gasteiger partial charge is 0.329 e. The molecular formula is C57H96N6O18. The molecule has 81 heavy (non-hydrogen) atoms. The van der Waals surface area contributed by atoms with Gasteiger partial charge in [0.05, 0.1) is 0 Å². The molecule has 1 aliphatic rings. The Labute approximate surface area is 478 Å².